The Morgan fingerprint density at radius 3 is 2.71 bits per heavy atom. The summed E-state index contributed by atoms with van der Waals surface area (Å²) < 4.78 is 10.9. The Labute approximate surface area is 138 Å². The Morgan fingerprint density at radius 1 is 1.17 bits per heavy atom. The van der Waals surface area contributed by atoms with Crippen LogP contribution in [0.15, 0.2) is 71.6 Å². The molecule has 1 atom stereocenters. The molecule has 0 saturated heterocycles. The second-order valence-corrected chi connectivity index (χ2v) is 5.04. The zero-order valence-corrected chi connectivity index (χ0v) is 12.8. The molecular weight excluding hydrogens is 308 g/mol. The largest absolute Gasteiger partial charge is 0.467 e. The Kier molecular flexibility index (Phi) is 4.88. The first-order chi connectivity index (χ1) is 11.8. The van der Waals surface area contributed by atoms with E-state index in [0.717, 1.165) is 0 Å². The maximum Gasteiger partial charge on any atom is 0.252 e. The highest BCUT2D eigenvalue weighted by Crippen LogP contribution is 2.22. The molecule has 3 aromatic rings. The van der Waals surface area contributed by atoms with Gasteiger partial charge in [-0.15, -0.1) is 0 Å². The highest BCUT2D eigenvalue weighted by atomic mass is 16.5. The second-order valence-electron chi connectivity index (χ2n) is 5.04. The van der Waals surface area contributed by atoms with Crippen molar-refractivity contribution in [2.24, 2.45) is 0 Å². The molecular formula is C18H16N2O4. The Balaban J connectivity index is 1.72. The summed E-state index contributed by atoms with van der Waals surface area (Å²) in [4.78, 5) is 16.3. The van der Waals surface area contributed by atoms with E-state index in [1.54, 1.807) is 60.9 Å². The average molecular weight is 324 g/mol. The molecule has 0 saturated carbocycles. The molecule has 24 heavy (non-hydrogen) atoms. The summed E-state index contributed by atoms with van der Waals surface area (Å²) in [5, 5.41) is 12.2. The first-order valence-corrected chi connectivity index (χ1v) is 7.39. The van der Waals surface area contributed by atoms with Crippen LogP contribution < -0.4 is 10.1 Å². The number of amides is 1. The van der Waals surface area contributed by atoms with Gasteiger partial charge in [-0.1, -0.05) is 6.07 Å². The van der Waals surface area contributed by atoms with Gasteiger partial charge in [-0.2, -0.15) is 0 Å². The molecule has 122 valence electrons. The maximum atomic E-state index is 12.4. The number of ether oxygens (including phenoxy) is 1. The monoisotopic (exact) mass is 324 g/mol. The number of hydrogen-bond donors (Lipinski definition) is 2. The minimum atomic E-state index is -0.600. The first kappa shape index (κ1) is 15.8. The van der Waals surface area contributed by atoms with Gasteiger partial charge in [-0.05, 0) is 42.5 Å². The van der Waals surface area contributed by atoms with Gasteiger partial charge >= 0.3 is 0 Å². The van der Waals surface area contributed by atoms with E-state index in [1.807, 2.05) is 0 Å². The summed E-state index contributed by atoms with van der Waals surface area (Å²) in [6.07, 6.45) is 4.75. The van der Waals surface area contributed by atoms with Crippen LogP contribution in [0.25, 0.3) is 0 Å². The van der Waals surface area contributed by atoms with E-state index in [0.29, 0.717) is 22.8 Å². The fraction of sp³-hybridized carbons (Fsp3) is 0.111. The summed E-state index contributed by atoms with van der Waals surface area (Å²) in [5.41, 5.74) is 0.423. The number of rotatable bonds is 6. The molecule has 0 radical (unpaired) electrons. The number of aromatic nitrogens is 1. The summed E-state index contributed by atoms with van der Waals surface area (Å²) in [5.74, 6) is 1.33. The maximum absolute atomic E-state index is 12.4. The van der Waals surface area contributed by atoms with Gasteiger partial charge in [0.2, 0.25) is 0 Å². The lowest BCUT2D eigenvalue weighted by atomic mass is 10.1. The van der Waals surface area contributed by atoms with E-state index in [1.165, 1.54) is 6.26 Å². The molecule has 0 aliphatic heterocycles. The van der Waals surface area contributed by atoms with Gasteiger partial charge in [0.05, 0.1) is 12.9 Å². The van der Waals surface area contributed by atoms with Crippen molar-refractivity contribution in [2.45, 2.75) is 6.04 Å². The van der Waals surface area contributed by atoms with Crippen molar-refractivity contribution in [2.75, 3.05) is 6.61 Å². The number of benzene rings is 1. The van der Waals surface area contributed by atoms with E-state index >= 15 is 0 Å². The van der Waals surface area contributed by atoms with Gasteiger partial charge < -0.3 is 19.6 Å². The van der Waals surface area contributed by atoms with Crippen molar-refractivity contribution in [3.8, 4) is 11.5 Å². The van der Waals surface area contributed by atoms with Crippen LogP contribution in [0.1, 0.15) is 22.2 Å². The van der Waals surface area contributed by atoms with Gasteiger partial charge in [-0.25, -0.2) is 0 Å². The van der Waals surface area contributed by atoms with Crippen LogP contribution in [0, 0.1) is 0 Å². The van der Waals surface area contributed by atoms with E-state index in [2.05, 4.69) is 10.3 Å². The Hall–Kier alpha value is -3.12. The molecule has 0 fully saturated rings. The normalized spacial score (nSPS) is 11.7. The molecule has 1 aromatic carbocycles. The van der Waals surface area contributed by atoms with Gasteiger partial charge in [-0.3, -0.25) is 9.78 Å². The van der Waals surface area contributed by atoms with Crippen LogP contribution in [0.3, 0.4) is 0 Å². The van der Waals surface area contributed by atoms with E-state index in [4.69, 9.17) is 9.15 Å². The van der Waals surface area contributed by atoms with E-state index in [-0.39, 0.29) is 12.5 Å². The highest BCUT2D eigenvalue weighted by molar-refractivity contribution is 5.94. The number of aliphatic hydroxyl groups is 1. The Bertz CT molecular complexity index is 788. The predicted octanol–water partition coefficient (Wildman–Crippen LogP) is 2.93. The zero-order valence-electron chi connectivity index (χ0n) is 12.8. The van der Waals surface area contributed by atoms with Crippen molar-refractivity contribution in [3.63, 3.8) is 0 Å². The zero-order chi connectivity index (χ0) is 16.8. The van der Waals surface area contributed by atoms with Crippen molar-refractivity contribution in [1.29, 1.82) is 0 Å². The van der Waals surface area contributed by atoms with Gasteiger partial charge in [0.25, 0.3) is 5.91 Å². The van der Waals surface area contributed by atoms with E-state index < -0.39 is 6.04 Å². The molecule has 2 heterocycles. The number of furan rings is 1. The molecule has 6 heteroatoms. The number of carbonyl (C=O) groups excluding carboxylic acids is 1. The number of aliphatic hydroxyl groups excluding tert-OH is 1. The van der Waals surface area contributed by atoms with Crippen LogP contribution in [0.4, 0.5) is 0 Å². The van der Waals surface area contributed by atoms with Gasteiger partial charge in [0.1, 0.15) is 23.3 Å². The molecule has 3 rings (SSSR count). The van der Waals surface area contributed by atoms with Crippen LogP contribution in [-0.4, -0.2) is 22.6 Å². The molecule has 0 spiro atoms. The SMILES string of the molecule is O=C(NC(CO)c1ccco1)c1cccc(Oc2ccncc2)c1. The second kappa shape index (κ2) is 7.43. The lowest BCUT2D eigenvalue weighted by molar-refractivity contribution is 0.0907. The number of carbonyl (C=O) groups is 1. The summed E-state index contributed by atoms with van der Waals surface area (Å²) >= 11 is 0. The quantitative estimate of drug-likeness (QED) is 0.728. The van der Waals surface area contributed by atoms with Gasteiger partial charge in [0.15, 0.2) is 0 Å². The molecule has 0 bridgehead atoms. The van der Waals surface area contributed by atoms with Gasteiger partial charge in [0, 0.05) is 18.0 Å². The third kappa shape index (κ3) is 3.80. The third-order valence-electron chi connectivity index (χ3n) is 3.36. The van der Waals surface area contributed by atoms with Crippen LogP contribution >= 0.6 is 0 Å². The minimum Gasteiger partial charge on any atom is -0.467 e. The molecule has 1 amide bonds. The molecule has 2 aromatic heterocycles. The highest BCUT2D eigenvalue weighted by Gasteiger charge is 2.17. The predicted molar refractivity (Wildman–Crippen MR) is 86.8 cm³/mol. The third-order valence-corrected chi connectivity index (χ3v) is 3.36. The average Bonchev–Trinajstić information content (AvgIpc) is 3.15. The van der Waals surface area contributed by atoms with E-state index in [9.17, 15) is 9.90 Å². The number of pyridine rings is 1. The van der Waals surface area contributed by atoms with Crippen LogP contribution in [0.5, 0.6) is 11.5 Å². The number of nitrogens with zero attached hydrogens (tertiary/aromatic N) is 1. The standard InChI is InChI=1S/C18H16N2O4/c21-12-16(17-5-2-10-23-17)20-18(22)13-3-1-4-15(11-13)24-14-6-8-19-9-7-14/h1-11,16,21H,12H2,(H,20,22). The smallest absolute Gasteiger partial charge is 0.252 e. The molecule has 0 aliphatic rings. The summed E-state index contributed by atoms with van der Waals surface area (Å²) in [7, 11) is 0. The van der Waals surface area contributed by atoms with Crippen LogP contribution in [0.2, 0.25) is 0 Å². The van der Waals surface area contributed by atoms with Crippen molar-refractivity contribution >= 4 is 5.91 Å². The molecule has 1 unspecified atom stereocenters. The lowest BCUT2D eigenvalue weighted by Gasteiger charge is -2.14. The van der Waals surface area contributed by atoms with Crippen molar-refractivity contribution in [1.82, 2.24) is 10.3 Å². The summed E-state index contributed by atoms with van der Waals surface area (Å²) in [6.45, 7) is -0.257. The molecule has 6 nitrogen and oxygen atoms in total. The fourth-order valence-corrected chi connectivity index (χ4v) is 2.18. The van der Waals surface area contributed by atoms with Crippen LogP contribution in [-0.2, 0) is 0 Å². The minimum absolute atomic E-state index is 0.257. The van der Waals surface area contributed by atoms with Crippen molar-refractivity contribution < 1.29 is 19.1 Å². The molecule has 2 N–H and O–H groups in total. The fourth-order valence-electron chi connectivity index (χ4n) is 2.18. The number of hydrogen-bond acceptors (Lipinski definition) is 5. The summed E-state index contributed by atoms with van der Waals surface area (Å²) in [6, 6.07) is 13.0. The first-order valence-electron chi connectivity index (χ1n) is 7.39. The Morgan fingerprint density at radius 2 is 2.00 bits per heavy atom. The molecule has 0 aliphatic carbocycles. The number of nitrogens with one attached hydrogen (secondary N) is 1. The topological polar surface area (TPSA) is 84.6 Å². The lowest BCUT2D eigenvalue weighted by Crippen LogP contribution is -2.30. The van der Waals surface area contributed by atoms with Crippen molar-refractivity contribution in [3.05, 3.63) is 78.5 Å².